The molecule has 0 spiro atoms. The molecule has 0 unspecified atom stereocenters. The number of benzene rings is 1. The molecule has 9 nitrogen and oxygen atoms in total. The Hall–Kier alpha value is -3.46. The lowest BCUT2D eigenvalue weighted by atomic mass is 10.2. The highest BCUT2D eigenvalue weighted by atomic mass is 16.5. The van der Waals surface area contributed by atoms with Gasteiger partial charge in [-0.1, -0.05) is 18.6 Å². The van der Waals surface area contributed by atoms with Crippen molar-refractivity contribution in [1.29, 1.82) is 0 Å². The Morgan fingerprint density at radius 3 is 2.76 bits per heavy atom. The highest BCUT2D eigenvalue weighted by Crippen LogP contribution is 2.15. The average molecular weight is 398 g/mol. The summed E-state index contributed by atoms with van der Waals surface area (Å²) in [5.74, 6) is -0.448. The molecule has 0 aliphatic carbocycles. The van der Waals surface area contributed by atoms with Crippen molar-refractivity contribution < 1.29 is 23.8 Å². The van der Waals surface area contributed by atoms with Crippen molar-refractivity contribution in [3.8, 4) is 0 Å². The molecule has 0 radical (unpaired) electrons. The lowest BCUT2D eigenvalue weighted by Crippen LogP contribution is -2.13. The van der Waals surface area contributed by atoms with Crippen molar-refractivity contribution >= 4 is 17.6 Å². The van der Waals surface area contributed by atoms with Gasteiger partial charge >= 0.3 is 5.97 Å². The quantitative estimate of drug-likeness (QED) is 0.420. The molecule has 3 rings (SSSR count). The van der Waals surface area contributed by atoms with Gasteiger partial charge in [0.05, 0.1) is 31.2 Å². The fraction of sp³-hybridized carbons (Fsp3) is 0.300. The highest BCUT2D eigenvalue weighted by Gasteiger charge is 2.16. The topological polar surface area (TPSA) is 119 Å². The third kappa shape index (κ3) is 5.52. The van der Waals surface area contributed by atoms with E-state index in [2.05, 4.69) is 15.6 Å². The number of nitrogens with one attached hydrogen (secondary N) is 1. The molecule has 0 saturated heterocycles. The number of aromatic nitrogens is 3. The van der Waals surface area contributed by atoms with Crippen LogP contribution in [-0.2, 0) is 11.3 Å². The van der Waals surface area contributed by atoms with Crippen LogP contribution in [0.15, 0.2) is 53.3 Å². The van der Waals surface area contributed by atoms with Crippen LogP contribution in [0.25, 0.3) is 0 Å². The van der Waals surface area contributed by atoms with Crippen LogP contribution < -0.4 is 5.32 Å². The van der Waals surface area contributed by atoms with E-state index in [1.165, 1.54) is 17.1 Å². The Bertz CT molecular complexity index is 934. The van der Waals surface area contributed by atoms with Crippen LogP contribution in [-0.4, -0.2) is 38.6 Å². The third-order valence-corrected chi connectivity index (χ3v) is 4.11. The van der Waals surface area contributed by atoms with E-state index in [1.807, 2.05) is 6.92 Å². The summed E-state index contributed by atoms with van der Waals surface area (Å²) >= 11 is 0. The predicted octanol–water partition coefficient (Wildman–Crippen LogP) is 2.81. The van der Waals surface area contributed by atoms with E-state index in [1.54, 1.807) is 36.4 Å². The second-order valence-electron chi connectivity index (χ2n) is 6.38. The molecular weight excluding hydrogens is 376 g/mol. The molecule has 2 aromatic heterocycles. The molecule has 2 heterocycles. The maximum absolute atomic E-state index is 12.3. The molecule has 1 atom stereocenters. The van der Waals surface area contributed by atoms with Crippen LogP contribution in [0.1, 0.15) is 52.5 Å². The zero-order valence-electron chi connectivity index (χ0n) is 15.9. The molecule has 0 bridgehead atoms. The fourth-order valence-electron chi connectivity index (χ4n) is 2.52. The molecule has 29 heavy (non-hydrogen) atoms. The number of aliphatic hydroxyl groups excluding tert-OH is 1. The minimum atomic E-state index is -0.896. The van der Waals surface area contributed by atoms with Gasteiger partial charge in [-0.15, -0.1) is 5.10 Å². The van der Waals surface area contributed by atoms with Crippen molar-refractivity contribution in [2.45, 2.75) is 32.4 Å². The zero-order chi connectivity index (χ0) is 20.6. The summed E-state index contributed by atoms with van der Waals surface area (Å²) in [4.78, 5) is 24.2. The van der Waals surface area contributed by atoms with E-state index in [9.17, 15) is 14.7 Å². The van der Waals surface area contributed by atoms with Gasteiger partial charge in [0, 0.05) is 5.69 Å². The highest BCUT2D eigenvalue weighted by molar-refractivity contribution is 6.02. The Morgan fingerprint density at radius 2 is 2.07 bits per heavy atom. The molecule has 0 saturated carbocycles. The van der Waals surface area contributed by atoms with Gasteiger partial charge in [0.2, 0.25) is 0 Å². The summed E-state index contributed by atoms with van der Waals surface area (Å²) in [5.41, 5.74) is 1.02. The van der Waals surface area contributed by atoms with Crippen LogP contribution in [0.2, 0.25) is 0 Å². The number of rotatable bonds is 9. The van der Waals surface area contributed by atoms with Crippen molar-refractivity contribution in [3.63, 3.8) is 0 Å². The van der Waals surface area contributed by atoms with Crippen LogP contribution in [0.4, 0.5) is 5.69 Å². The SMILES string of the molecule is CCCCOC(=O)c1ccc(NC(=O)c2cn(C[C@H](O)c3ccco3)nn2)cc1. The molecular formula is C20H22N4O5. The first-order chi connectivity index (χ1) is 14.1. The maximum Gasteiger partial charge on any atom is 0.338 e. The number of aliphatic hydroxyl groups is 1. The predicted molar refractivity (Wildman–Crippen MR) is 103 cm³/mol. The number of carbonyl (C=O) groups excluding carboxylic acids is 2. The number of nitrogens with zero attached hydrogens (tertiary/aromatic N) is 3. The number of ether oxygens (including phenoxy) is 1. The minimum absolute atomic E-state index is 0.0969. The Labute approximate surface area is 167 Å². The van der Waals surface area contributed by atoms with Gasteiger partial charge in [-0.3, -0.25) is 4.79 Å². The van der Waals surface area contributed by atoms with E-state index in [-0.39, 0.29) is 12.2 Å². The molecule has 1 aromatic carbocycles. The number of amides is 1. The lowest BCUT2D eigenvalue weighted by Gasteiger charge is -2.07. The van der Waals surface area contributed by atoms with E-state index in [0.29, 0.717) is 23.6 Å². The van der Waals surface area contributed by atoms with Crippen LogP contribution in [0.3, 0.4) is 0 Å². The van der Waals surface area contributed by atoms with Crippen LogP contribution in [0.5, 0.6) is 0 Å². The first-order valence-corrected chi connectivity index (χ1v) is 9.27. The zero-order valence-corrected chi connectivity index (χ0v) is 15.9. The number of unbranched alkanes of at least 4 members (excludes halogenated alkanes) is 1. The molecule has 0 fully saturated rings. The minimum Gasteiger partial charge on any atom is -0.467 e. The fourth-order valence-corrected chi connectivity index (χ4v) is 2.52. The van der Waals surface area contributed by atoms with Crippen LogP contribution in [0, 0.1) is 0 Å². The average Bonchev–Trinajstić information content (AvgIpc) is 3.41. The summed E-state index contributed by atoms with van der Waals surface area (Å²) in [7, 11) is 0. The normalized spacial score (nSPS) is 11.8. The molecule has 3 aromatic rings. The number of hydrogen-bond acceptors (Lipinski definition) is 7. The molecule has 9 heteroatoms. The van der Waals surface area contributed by atoms with Gasteiger partial charge in [0.25, 0.3) is 5.91 Å². The summed E-state index contributed by atoms with van der Waals surface area (Å²) in [5, 5.41) is 20.4. The summed E-state index contributed by atoms with van der Waals surface area (Å²) in [6.07, 6.45) is 3.77. The lowest BCUT2D eigenvalue weighted by molar-refractivity contribution is 0.0499. The van der Waals surface area contributed by atoms with E-state index in [0.717, 1.165) is 12.8 Å². The van der Waals surface area contributed by atoms with Crippen molar-refractivity contribution in [2.75, 3.05) is 11.9 Å². The van der Waals surface area contributed by atoms with E-state index in [4.69, 9.17) is 9.15 Å². The largest absolute Gasteiger partial charge is 0.467 e. The van der Waals surface area contributed by atoms with Crippen LogP contribution >= 0.6 is 0 Å². The van der Waals surface area contributed by atoms with Crippen molar-refractivity contribution in [2.24, 2.45) is 0 Å². The van der Waals surface area contributed by atoms with Gasteiger partial charge in [-0.25, -0.2) is 9.48 Å². The van der Waals surface area contributed by atoms with Gasteiger partial charge in [-0.2, -0.15) is 0 Å². The summed E-state index contributed by atoms with van der Waals surface area (Å²) in [6.45, 7) is 2.51. The summed E-state index contributed by atoms with van der Waals surface area (Å²) < 4.78 is 11.6. The number of anilines is 1. The maximum atomic E-state index is 12.3. The van der Waals surface area contributed by atoms with E-state index >= 15 is 0 Å². The monoisotopic (exact) mass is 398 g/mol. The van der Waals surface area contributed by atoms with Gasteiger partial charge < -0.3 is 19.6 Å². The standard InChI is InChI=1S/C20H22N4O5/c1-2-3-10-29-20(27)14-6-8-15(9-7-14)21-19(26)16-12-24(23-22-16)13-17(25)18-5-4-11-28-18/h4-9,11-12,17,25H,2-3,10,13H2,1H3,(H,21,26)/t17-/m0/s1. The van der Waals surface area contributed by atoms with Gasteiger partial charge in [0.15, 0.2) is 5.69 Å². The molecule has 0 aliphatic heterocycles. The third-order valence-electron chi connectivity index (χ3n) is 4.11. The smallest absolute Gasteiger partial charge is 0.338 e. The Balaban J connectivity index is 1.55. The second kappa shape index (κ2) is 9.65. The first-order valence-electron chi connectivity index (χ1n) is 9.27. The molecule has 152 valence electrons. The number of carbonyl (C=O) groups is 2. The number of esters is 1. The molecule has 2 N–H and O–H groups in total. The van der Waals surface area contributed by atoms with E-state index < -0.39 is 18.0 Å². The molecule has 1 amide bonds. The van der Waals surface area contributed by atoms with Gasteiger partial charge in [0.1, 0.15) is 11.9 Å². The summed E-state index contributed by atoms with van der Waals surface area (Å²) in [6, 6.07) is 9.72. The van der Waals surface area contributed by atoms with Gasteiger partial charge in [-0.05, 0) is 42.8 Å². The Kier molecular flexibility index (Phi) is 6.75. The van der Waals surface area contributed by atoms with Crippen molar-refractivity contribution in [1.82, 2.24) is 15.0 Å². The van der Waals surface area contributed by atoms with Crippen molar-refractivity contribution in [3.05, 3.63) is 65.9 Å². The number of hydrogen-bond donors (Lipinski definition) is 2. The first kappa shape index (κ1) is 20.3. The Morgan fingerprint density at radius 1 is 1.28 bits per heavy atom. The molecule has 0 aliphatic rings. The number of furan rings is 1. The second-order valence-corrected chi connectivity index (χ2v) is 6.38.